The van der Waals surface area contributed by atoms with Crippen molar-refractivity contribution < 1.29 is 9.52 Å². The molecular weight excluding hydrogens is 238 g/mol. The van der Waals surface area contributed by atoms with Crippen molar-refractivity contribution in [3.8, 4) is 0 Å². The average molecular weight is 257 g/mol. The fourth-order valence-electron chi connectivity index (χ4n) is 2.37. The molecule has 1 aromatic heterocycles. The van der Waals surface area contributed by atoms with E-state index in [0.717, 1.165) is 25.1 Å². The van der Waals surface area contributed by atoms with Crippen molar-refractivity contribution in [2.45, 2.75) is 18.9 Å². The standard InChI is InChI=1S/C16H19NO2/c18-12-16(8-9-16)11-17-15(14-7-4-10-19-14)13-5-2-1-3-6-13/h1-7,10,15,17-18H,8-9,11-12H2. The van der Waals surface area contributed by atoms with Crippen LogP contribution in [-0.4, -0.2) is 18.3 Å². The van der Waals surface area contributed by atoms with Crippen molar-refractivity contribution in [2.24, 2.45) is 5.41 Å². The number of furan rings is 1. The van der Waals surface area contributed by atoms with Crippen molar-refractivity contribution in [3.05, 3.63) is 60.1 Å². The maximum Gasteiger partial charge on any atom is 0.125 e. The van der Waals surface area contributed by atoms with Gasteiger partial charge in [0.25, 0.3) is 0 Å². The van der Waals surface area contributed by atoms with Gasteiger partial charge in [0.05, 0.1) is 12.3 Å². The monoisotopic (exact) mass is 257 g/mol. The Morgan fingerprint density at radius 1 is 1.16 bits per heavy atom. The Balaban J connectivity index is 1.77. The van der Waals surface area contributed by atoms with E-state index in [4.69, 9.17) is 4.42 Å². The predicted octanol–water partition coefficient (Wildman–Crippen LogP) is 2.73. The number of hydrogen-bond donors (Lipinski definition) is 2. The van der Waals surface area contributed by atoms with Gasteiger partial charge in [-0.1, -0.05) is 30.3 Å². The molecule has 1 aliphatic carbocycles. The third-order valence-electron chi connectivity index (χ3n) is 3.93. The highest BCUT2D eigenvalue weighted by Crippen LogP contribution is 2.44. The molecule has 1 atom stereocenters. The molecule has 1 unspecified atom stereocenters. The minimum Gasteiger partial charge on any atom is -0.467 e. The zero-order chi connectivity index (χ0) is 13.1. The molecule has 3 rings (SSSR count). The minimum atomic E-state index is 0.0558. The fourth-order valence-corrected chi connectivity index (χ4v) is 2.37. The molecule has 0 saturated heterocycles. The summed E-state index contributed by atoms with van der Waals surface area (Å²) in [5, 5.41) is 12.9. The van der Waals surface area contributed by atoms with Gasteiger partial charge in [0.1, 0.15) is 5.76 Å². The molecule has 0 radical (unpaired) electrons. The Morgan fingerprint density at radius 2 is 1.95 bits per heavy atom. The van der Waals surface area contributed by atoms with Crippen molar-refractivity contribution in [1.29, 1.82) is 0 Å². The van der Waals surface area contributed by atoms with Crippen LogP contribution >= 0.6 is 0 Å². The van der Waals surface area contributed by atoms with E-state index in [0.29, 0.717) is 0 Å². The molecule has 1 aromatic carbocycles. The molecule has 0 amide bonds. The predicted molar refractivity (Wildman–Crippen MR) is 73.7 cm³/mol. The Bertz CT molecular complexity index is 503. The molecule has 2 aromatic rings. The highest BCUT2D eigenvalue weighted by molar-refractivity contribution is 5.26. The van der Waals surface area contributed by atoms with Crippen LogP contribution in [0.3, 0.4) is 0 Å². The van der Waals surface area contributed by atoms with Gasteiger partial charge in [-0.15, -0.1) is 0 Å². The zero-order valence-electron chi connectivity index (χ0n) is 10.9. The van der Waals surface area contributed by atoms with E-state index < -0.39 is 0 Å². The number of hydrogen-bond acceptors (Lipinski definition) is 3. The molecule has 0 aliphatic heterocycles. The lowest BCUT2D eigenvalue weighted by Crippen LogP contribution is -2.30. The average Bonchev–Trinajstić information content (AvgIpc) is 3.05. The van der Waals surface area contributed by atoms with Crippen molar-refractivity contribution in [3.63, 3.8) is 0 Å². The van der Waals surface area contributed by atoms with E-state index in [1.165, 1.54) is 5.56 Å². The summed E-state index contributed by atoms with van der Waals surface area (Å²) in [6, 6.07) is 14.2. The number of benzene rings is 1. The second-order valence-corrected chi connectivity index (χ2v) is 5.40. The molecule has 19 heavy (non-hydrogen) atoms. The maximum absolute atomic E-state index is 9.41. The first-order valence-electron chi connectivity index (χ1n) is 6.76. The summed E-state index contributed by atoms with van der Waals surface area (Å²) in [6.45, 7) is 1.09. The first-order valence-corrected chi connectivity index (χ1v) is 6.76. The summed E-state index contributed by atoms with van der Waals surface area (Å²) in [5.74, 6) is 0.917. The first-order chi connectivity index (χ1) is 9.33. The highest BCUT2D eigenvalue weighted by atomic mass is 16.3. The summed E-state index contributed by atoms with van der Waals surface area (Å²) >= 11 is 0. The van der Waals surface area contributed by atoms with E-state index >= 15 is 0 Å². The van der Waals surface area contributed by atoms with Gasteiger partial charge in [-0.3, -0.25) is 0 Å². The molecule has 1 saturated carbocycles. The summed E-state index contributed by atoms with van der Waals surface area (Å²) in [6.07, 6.45) is 3.91. The molecular formula is C16H19NO2. The first kappa shape index (κ1) is 12.5. The van der Waals surface area contributed by atoms with Crippen LogP contribution < -0.4 is 5.32 Å². The van der Waals surface area contributed by atoms with Crippen LogP contribution in [0.5, 0.6) is 0 Å². The Morgan fingerprint density at radius 3 is 2.53 bits per heavy atom. The molecule has 3 nitrogen and oxygen atoms in total. The van der Waals surface area contributed by atoms with Gasteiger partial charge in [0, 0.05) is 18.6 Å². The van der Waals surface area contributed by atoms with Crippen LogP contribution in [0.2, 0.25) is 0 Å². The lowest BCUT2D eigenvalue weighted by atomic mass is 10.0. The van der Waals surface area contributed by atoms with E-state index in [1.54, 1.807) is 6.26 Å². The largest absolute Gasteiger partial charge is 0.467 e. The van der Waals surface area contributed by atoms with Gasteiger partial charge in [0.2, 0.25) is 0 Å². The summed E-state index contributed by atoms with van der Waals surface area (Å²) in [5.41, 5.74) is 1.28. The molecule has 1 aliphatic rings. The van der Waals surface area contributed by atoms with Gasteiger partial charge in [-0.25, -0.2) is 0 Å². The Kier molecular flexibility index (Phi) is 3.40. The van der Waals surface area contributed by atoms with Crippen LogP contribution in [0.15, 0.2) is 53.1 Å². The fraction of sp³-hybridized carbons (Fsp3) is 0.375. The molecule has 100 valence electrons. The molecule has 0 bridgehead atoms. The molecule has 0 spiro atoms. The van der Waals surface area contributed by atoms with Crippen LogP contribution in [0.25, 0.3) is 0 Å². The van der Waals surface area contributed by atoms with Gasteiger partial charge >= 0.3 is 0 Å². The van der Waals surface area contributed by atoms with Crippen LogP contribution in [-0.2, 0) is 0 Å². The van der Waals surface area contributed by atoms with Gasteiger partial charge in [0.15, 0.2) is 0 Å². The third-order valence-corrected chi connectivity index (χ3v) is 3.93. The van der Waals surface area contributed by atoms with Crippen molar-refractivity contribution in [2.75, 3.05) is 13.2 Å². The van der Waals surface area contributed by atoms with Gasteiger partial charge < -0.3 is 14.8 Å². The lowest BCUT2D eigenvalue weighted by molar-refractivity contribution is 0.204. The summed E-state index contributed by atoms with van der Waals surface area (Å²) in [4.78, 5) is 0. The number of aliphatic hydroxyl groups is 1. The van der Waals surface area contributed by atoms with Gasteiger partial charge in [-0.05, 0) is 30.5 Å². The Labute approximate surface area is 113 Å². The van der Waals surface area contributed by atoms with Crippen LogP contribution in [0.4, 0.5) is 0 Å². The normalized spacial score (nSPS) is 18.2. The minimum absolute atomic E-state index is 0.0558. The summed E-state index contributed by atoms with van der Waals surface area (Å²) < 4.78 is 5.54. The van der Waals surface area contributed by atoms with E-state index in [2.05, 4.69) is 17.4 Å². The maximum atomic E-state index is 9.41. The van der Waals surface area contributed by atoms with Crippen LogP contribution in [0.1, 0.15) is 30.2 Å². The van der Waals surface area contributed by atoms with Crippen molar-refractivity contribution in [1.82, 2.24) is 5.32 Å². The number of nitrogens with one attached hydrogen (secondary N) is 1. The number of rotatable bonds is 6. The summed E-state index contributed by atoms with van der Waals surface area (Å²) in [7, 11) is 0. The van der Waals surface area contributed by atoms with E-state index in [9.17, 15) is 5.11 Å². The lowest BCUT2D eigenvalue weighted by Gasteiger charge is -2.20. The molecule has 2 N–H and O–H groups in total. The second kappa shape index (κ2) is 5.19. The van der Waals surface area contributed by atoms with Crippen molar-refractivity contribution >= 4 is 0 Å². The SMILES string of the molecule is OCC1(CNC(c2ccccc2)c2ccco2)CC1. The smallest absolute Gasteiger partial charge is 0.125 e. The van der Waals surface area contributed by atoms with Crippen LogP contribution in [0, 0.1) is 5.41 Å². The second-order valence-electron chi connectivity index (χ2n) is 5.40. The molecule has 1 fully saturated rings. The third kappa shape index (κ3) is 2.72. The highest BCUT2D eigenvalue weighted by Gasteiger charge is 2.42. The molecule has 3 heteroatoms. The van der Waals surface area contributed by atoms with E-state index in [-0.39, 0.29) is 18.1 Å². The topological polar surface area (TPSA) is 45.4 Å². The van der Waals surface area contributed by atoms with E-state index in [1.807, 2.05) is 30.3 Å². The molecule has 1 heterocycles. The Hall–Kier alpha value is -1.58. The quantitative estimate of drug-likeness (QED) is 0.836. The van der Waals surface area contributed by atoms with Gasteiger partial charge in [-0.2, -0.15) is 0 Å². The zero-order valence-corrected chi connectivity index (χ0v) is 10.9. The number of aliphatic hydroxyl groups excluding tert-OH is 1.